The molecule has 0 aliphatic carbocycles. The summed E-state index contributed by atoms with van der Waals surface area (Å²) in [5.74, 6) is -3.84. The lowest BCUT2D eigenvalue weighted by atomic mass is 10.1. The van der Waals surface area contributed by atoms with Crippen LogP contribution in [-0.4, -0.2) is 89.7 Å². The summed E-state index contributed by atoms with van der Waals surface area (Å²) in [5.41, 5.74) is 21.1. The van der Waals surface area contributed by atoms with Gasteiger partial charge >= 0.3 is 0 Å². The molecule has 0 saturated carbocycles. The van der Waals surface area contributed by atoms with Crippen LogP contribution in [0, 0.1) is 0 Å². The first kappa shape index (κ1) is 33.2. The Morgan fingerprint density at radius 3 is 1.97 bits per heavy atom. The predicted octanol–water partition coefficient (Wildman–Crippen LogP) is -4.81. The molecule has 0 aliphatic rings. The average Bonchev–Trinajstić information content (AvgIpc) is 2.80. The first-order valence-electron chi connectivity index (χ1n) is 11.6. The van der Waals surface area contributed by atoms with Crippen molar-refractivity contribution in [2.24, 2.45) is 27.9 Å². The Kier molecular flexibility index (Phi) is 15.1. The third kappa shape index (κ3) is 13.8. The van der Waals surface area contributed by atoms with E-state index in [9.17, 15) is 33.9 Å². The molecule has 5 amide bonds. The summed E-state index contributed by atoms with van der Waals surface area (Å²) >= 11 is 0. The number of aliphatic hydroxyl groups excluding tert-OH is 1. The fraction of sp³-hybridized carbons (Fsp3) is 0.667. The Bertz CT molecular complexity index is 844. The number of nitrogens with two attached hydrogens (primary N) is 4. The van der Waals surface area contributed by atoms with Crippen molar-refractivity contribution in [3.63, 3.8) is 0 Å². The summed E-state index contributed by atoms with van der Waals surface area (Å²) < 4.78 is 0. The maximum Gasteiger partial charge on any atom is 0.245 e. The number of hydrogen-bond acceptors (Lipinski definition) is 9. The minimum Gasteiger partial charge on any atom is -0.391 e. The van der Waals surface area contributed by atoms with Gasteiger partial charge in [0, 0.05) is 13.0 Å². The molecule has 0 bridgehead atoms. The first-order valence-corrected chi connectivity index (χ1v) is 11.6. The van der Waals surface area contributed by atoms with Crippen molar-refractivity contribution in [3.05, 3.63) is 0 Å². The maximum absolute atomic E-state index is 12.9. The molecule has 210 valence electrons. The van der Waals surface area contributed by atoms with Gasteiger partial charge in [-0.1, -0.05) is 0 Å². The number of rotatable bonds is 17. The topological polar surface area (TPSA) is 287 Å². The molecule has 13 N–H and O–H groups in total. The Hall–Kier alpha value is -3.79. The van der Waals surface area contributed by atoms with Crippen molar-refractivity contribution < 1.29 is 33.9 Å². The van der Waals surface area contributed by atoms with Crippen LogP contribution in [0.2, 0.25) is 0 Å². The number of carbonyl (C=O) groups excluding carboxylic acids is 6. The number of hydrogen-bond donors (Lipinski definition) is 9. The second-order valence-corrected chi connectivity index (χ2v) is 8.51. The van der Waals surface area contributed by atoms with Gasteiger partial charge in [-0.3, -0.25) is 29.0 Å². The zero-order valence-corrected chi connectivity index (χ0v) is 21.2. The number of aldehydes is 1. The Morgan fingerprint density at radius 1 is 0.865 bits per heavy atom. The van der Waals surface area contributed by atoms with Crippen LogP contribution >= 0.6 is 0 Å². The molecule has 0 heterocycles. The van der Waals surface area contributed by atoms with Gasteiger partial charge in [0.15, 0.2) is 5.96 Å². The largest absolute Gasteiger partial charge is 0.391 e. The normalized spacial score (nSPS) is 15.5. The predicted molar refractivity (Wildman–Crippen MR) is 133 cm³/mol. The quantitative estimate of drug-likeness (QED) is 0.0375. The molecule has 6 atom stereocenters. The van der Waals surface area contributed by atoms with E-state index in [0.29, 0.717) is 12.7 Å². The van der Waals surface area contributed by atoms with Gasteiger partial charge in [0.1, 0.15) is 24.4 Å². The van der Waals surface area contributed by atoms with Crippen LogP contribution in [0.1, 0.15) is 46.5 Å². The van der Waals surface area contributed by atoms with Crippen LogP contribution in [0.3, 0.4) is 0 Å². The summed E-state index contributed by atoms with van der Waals surface area (Å²) in [6.45, 7) is 4.16. The molecule has 0 aromatic rings. The standard InChI is InChI=1S/C21H39N9O7/c1-10(22)17(34)29-14(5-4-8-26-21(24)25)19(36)30-16(12(3)32)20(37)27-11(2)18(35)28-13(9-31)6-7-15(23)33/h9-14,16,32H,4-8,22H2,1-3H3,(H2,23,33)(H,27,37)(H,28,35)(H,29,34)(H,30,36)(H4,24,25,26)/t10-,11-,12+,13-,14-,16-/m0/s1. The highest BCUT2D eigenvalue weighted by molar-refractivity contribution is 5.95. The number of aliphatic hydroxyl groups is 1. The van der Waals surface area contributed by atoms with E-state index < -0.39 is 65.8 Å². The fourth-order valence-corrected chi connectivity index (χ4v) is 2.88. The summed E-state index contributed by atoms with van der Waals surface area (Å²) in [7, 11) is 0. The molecule has 16 nitrogen and oxygen atoms in total. The molecule has 0 aromatic heterocycles. The van der Waals surface area contributed by atoms with Gasteiger partial charge in [-0.25, -0.2) is 0 Å². The molecule has 37 heavy (non-hydrogen) atoms. The molecule has 0 spiro atoms. The lowest BCUT2D eigenvalue weighted by Crippen LogP contribution is -2.60. The Morgan fingerprint density at radius 2 is 1.49 bits per heavy atom. The van der Waals surface area contributed by atoms with Gasteiger partial charge in [0.05, 0.1) is 18.2 Å². The van der Waals surface area contributed by atoms with Crippen LogP contribution in [0.15, 0.2) is 4.99 Å². The molecule has 0 fully saturated rings. The van der Waals surface area contributed by atoms with Gasteiger partial charge in [-0.15, -0.1) is 0 Å². The van der Waals surface area contributed by atoms with E-state index in [1.54, 1.807) is 0 Å². The number of nitrogens with one attached hydrogen (secondary N) is 4. The molecular formula is C21H39N9O7. The summed E-state index contributed by atoms with van der Waals surface area (Å²) in [4.78, 5) is 75.9. The lowest BCUT2D eigenvalue weighted by molar-refractivity contribution is -0.136. The minimum atomic E-state index is -1.49. The van der Waals surface area contributed by atoms with Gasteiger partial charge < -0.3 is 54.1 Å². The van der Waals surface area contributed by atoms with Gasteiger partial charge in [-0.2, -0.15) is 0 Å². The van der Waals surface area contributed by atoms with E-state index in [0.717, 1.165) is 0 Å². The number of nitrogens with zero attached hydrogens (tertiary/aromatic N) is 1. The van der Waals surface area contributed by atoms with E-state index in [4.69, 9.17) is 22.9 Å². The average molecular weight is 530 g/mol. The SMILES string of the molecule is C[C@H](N)C(=O)N[C@@H](CCCN=C(N)N)C(=O)N[C@H](C(=O)N[C@@H](C)C(=O)N[C@H](C=O)CCC(N)=O)[C@@H](C)O. The van der Waals surface area contributed by atoms with Crippen molar-refractivity contribution in [1.29, 1.82) is 0 Å². The number of primary amides is 1. The van der Waals surface area contributed by atoms with Crippen molar-refractivity contribution in [2.45, 2.75) is 82.8 Å². The van der Waals surface area contributed by atoms with Crippen LogP contribution in [0.5, 0.6) is 0 Å². The molecule has 16 heteroatoms. The third-order valence-electron chi connectivity index (χ3n) is 5.00. The van der Waals surface area contributed by atoms with Gasteiger partial charge in [0.25, 0.3) is 0 Å². The van der Waals surface area contributed by atoms with E-state index in [1.807, 2.05) is 0 Å². The molecule has 0 radical (unpaired) electrons. The van der Waals surface area contributed by atoms with E-state index in [2.05, 4.69) is 26.3 Å². The van der Waals surface area contributed by atoms with Crippen molar-refractivity contribution in [1.82, 2.24) is 21.3 Å². The molecule has 0 aliphatic heterocycles. The van der Waals surface area contributed by atoms with Crippen molar-refractivity contribution >= 4 is 41.8 Å². The first-order chi connectivity index (χ1) is 17.2. The van der Waals surface area contributed by atoms with Crippen LogP contribution < -0.4 is 44.2 Å². The fourth-order valence-electron chi connectivity index (χ4n) is 2.88. The smallest absolute Gasteiger partial charge is 0.245 e. The van der Waals surface area contributed by atoms with Crippen molar-refractivity contribution in [3.8, 4) is 0 Å². The number of guanidine groups is 1. The van der Waals surface area contributed by atoms with Crippen LogP contribution in [0.4, 0.5) is 0 Å². The second-order valence-electron chi connectivity index (χ2n) is 8.51. The maximum atomic E-state index is 12.9. The molecular weight excluding hydrogens is 490 g/mol. The van der Waals surface area contributed by atoms with Crippen LogP contribution in [-0.2, 0) is 28.8 Å². The third-order valence-corrected chi connectivity index (χ3v) is 5.00. The second kappa shape index (κ2) is 16.8. The number of carbonyl (C=O) groups is 6. The highest BCUT2D eigenvalue weighted by Gasteiger charge is 2.31. The van der Waals surface area contributed by atoms with Gasteiger partial charge in [-0.05, 0) is 40.0 Å². The Labute approximate surface area is 214 Å². The Balaban J connectivity index is 5.31. The van der Waals surface area contributed by atoms with Crippen LogP contribution in [0.25, 0.3) is 0 Å². The minimum absolute atomic E-state index is 0.0185. The van der Waals surface area contributed by atoms with E-state index in [1.165, 1.54) is 20.8 Å². The van der Waals surface area contributed by atoms with Crippen molar-refractivity contribution in [2.75, 3.05) is 6.54 Å². The van der Waals surface area contributed by atoms with E-state index >= 15 is 0 Å². The highest BCUT2D eigenvalue weighted by Crippen LogP contribution is 2.03. The molecule has 0 aromatic carbocycles. The summed E-state index contributed by atoms with van der Waals surface area (Å²) in [6.07, 6.45) is -0.720. The molecule has 0 saturated heterocycles. The highest BCUT2D eigenvalue weighted by atomic mass is 16.3. The van der Waals surface area contributed by atoms with Gasteiger partial charge in [0.2, 0.25) is 29.5 Å². The monoisotopic (exact) mass is 529 g/mol. The number of amides is 5. The zero-order valence-electron chi connectivity index (χ0n) is 21.2. The summed E-state index contributed by atoms with van der Waals surface area (Å²) in [5, 5.41) is 19.6. The molecule has 0 unspecified atom stereocenters. The molecule has 0 rings (SSSR count). The van der Waals surface area contributed by atoms with E-state index in [-0.39, 0.29) is 31.8 Å². The number of aliphatic imine (C=N–C) groups is 1. The zero-order chi connectivity index (χ0) is 28.7. The lowest BCUT2D eigenvalue weighted by Gasteiger charge is -2.26. The summed E-state index contributed by atoms with van der Waals surface area (Å²) in [6, 6.07) is -5.70.